The highest BCUT2D eigenvalue weighted by Crippen LogP contribution is 2.22. The number of carbonyl (C=O) groups is 2. The number of rotatable bonds is 9. The molecule has 0 spiro atoms. The molecule has 1 heterocycles. The first-order valence-electron chi connectivity index (χ1n) is 8.19. The molecular formula is C18H21NO7S. The average molecular weight is 395 g/mol. The van der Waals surface area contributed by atoms with Gasteiger partial charge >= 0.3 is 11.9 Å². The molecule has 1 aromatic carbocycles. The maximum atomic E-state index is 12.8. The van der Waals surface area contributed by atoms with E-state index >= 15 is 0 Å². The number of esters is 1. The van der Waals surface area contributed by atoms with Gasteiger partial charge in [-0.15, -0.1) is 0 Å². The topological polar surface area (TPSA) is 123 Å². The molecule has 0 radical (unpaired) electrons. The Morgan fingerprint density at radius 2 is 1.93 bits per heavy atom. The Balaban J connectivity index is 2.24. The summed E-state index contributed by atoms with van der Waals surface area (Å²) in [6.45, 7) is 1.42. The predicted octanol–water partition coefficient (Wildman–Crippen LogP) is 2.13. The maximum Gasteiger partial charge on any atom is 0.373 e. The standard InChI is InChI=1S/C18H21NO7S/c1-12-16(11-15(26-12)18(22)25-2)27(23,24)19-14(8-9-17(20)21)10-13-6-4-3-5-7-13/h3-7,11,14,19H,8-10H2,1-2H3,(H,20,21). The minimum absolute atomic E-state index is 0.0413. The Labute approximate surface area is 157 Å². The first kappa shape index (κ1) is 20.7. The Morgan fingerprint density at radius 3 is 2.52 bits per heavy atom. The molecule has 146 valence electrons. The Kier molecular flexibility index (Phi) is 6.75. The SMILES string of the molecule is COC(=O)c1cc(S(=O)(=O)NC(CCC(=O)O)Cc2ccccc2)c(C)o1. The molecule has 0 amide bonds. The quantitative estimate of drug-likeness (QED) is 0.624. The fraction of sp³-hybridized carbons (Fsp3) is 0.333. The average Bonchev–Trinajstić information content (AvgIpc) is 3.02. The van der Waals surface area contributed by atoms with E-state index in [1.165, 1.54) is 6.92 Å². The molecule has 0 aliphatic rings. The monoisotopic (exact) mass is 395 g/mol. The number of aryl methyl sites for hydroxylation is 1. The van der Waals surface area contributed by atoms with Gasteiger partial charge in [0.05, 0.1) is 7.11 Å². The Hall–Kier alpha value is -2.65. The van der Waals surface area contributed by atoms with Gasteiger partial charge in [0.1, 0.15) is 10.7 Å². The van der Waals surface area contributed by atoms with Crippen LogP contribution in [0, 0.1) is 6.92 Å². The van der Waals surface area contributed by atoms with Crippen molar-refractivity contribution in [2.24, 2.45) is 0 Å². The molecule has 1 unspecified atom stereocenters. The number of methoxy groups -OCH3 is 1. The smallest absolute Gasteiger partial charge is 0.373 e. The van der Waals surface area contributed by atoms with Crippen LogP contribution in [0.4, 0.5) is 0 Å². The highest BCUT2D eigenvalue weighted by molar-refractivity contribution is 7.89. The molecule has 2 aromatic rings. The number of ether oxygens (including phenoxy) is 1. The van der Waals surface area contributed by atoms with E-state index < -0.39 is 28.0 Å². The van der Waals surface area contributed by atoms with E-state index in [2.05, 4.69) is 9.46 Å². The minimum atomic E-state index is -4.02. The molecule has 2 N–H and O–H groups in total. The summed E-state index contributed by atoms with van der Waals surface area (Å²) >= 11 is 0. The van der Waals surface area contributed by atoms with Crippen molar-refractivity contribution in [2.45, 2.75) is 37.1 Å². The van der Waals surface area contributed by atoms with Crippen LogP contribution in [-0.2, 0) is 26.0 Å². The van der Waals surface area contributed by atoms with E-state index in [-0.39, 0.29) is 29.3 Å². The Morgan fingerprint density at radius 1 is 1.26 bits per heavy atom. The van der Waals surface area contributed by atoms with E-state index in [0.717, 1.165) is 18.7 Å². The van der Waals surface area contributed by atoms with Gasteiger partial charge in [-0.05, 0) is 25.3 Å². The zero-order valence-corrected chi connectivity index (χ0v) is 15.8. The number of sulfonamides is 1. The number of hydrogen-bond acceptors (Lipinski definition) is 6. The third kappa shape index (κ3) is 5.66. The van der Waals surface area contributed by atoms with Crippen LogP contribution in [0.1, 0.15) is 34.7 Å². The molecule has 0 saturated heterocycles. The van der Waals surface area contributed by atoms with E-state index in [1.807, 2.05) is 30.3 Å². The lowest BCUT2D eigenvalue weighted by Crippen LogP contribution is -2.37. The summed E-state index contributed by atoms with van der Waals surface area (Å²) in [5.74, 6) is -1.98. The fourth-order valence-electron chi connectivity index (χ4n) is 2.62. The molecule has 1 aromatic heterocycles. The summed E-state index contributed by atoms with van der Waals surface area (Å²) in [4.78, 5) is 22.3. The van der Waals surface area contributed by atoms with Gasteiger partial charge in [0.15, 0.2) is 0 Å². The van der Waals surface area contributed by atoms with Crippen molar-refractivity contribution in [2.75, 3.05) is 7.11 Å². The van der Waals surface area contributed by atoms with Crippen molar-refractivity contribution in [1.82, 2.24) is 4.72 Å². The number of hydrogen-bond donors (Lipinski definition) is 2. The molecule has 0 aliphatic heterocycles. The lowest BCUT2D eigenvalue weighted by Gasteiger charge is -2.18. The number of carboxylic acid groups (broad SMARTS) is 1. The normalized spacial score (nSPS) is 12.5. The van der Waals surface area contributed by atoms with Gasteiger partial charge in [0.25, 0.3) is 0 Å². The number of nitrogens with one attached hydrogen (secondary N) is 1. The minimum Gasteiger partial charge on any atom is -0.481 e. The van der Waals surface area contributed by atoms with Gasteiger partial charge in [-0.2, -0.15) is 0 Å². The van der Waals surface area contributed by atoms with Gasteiger partial charge in [-0.3, -0.25) is 4.79 Å². The Bertz CT molecular complexity index is 903. The highest BCUT2D eigenvalue weighted by atomic mass is 32.2. The lowest BCUT2D eigenvalue weighted by molar-refractivity contribution is -0.137. The van der Waals surface area contributed by atoms with E-state index in [4.69, 9.17) is 9.52 Å². The molecule has 2 rings (SSSR count). The van der Waals surface area contributed by atoms with Crippen LogP contribution in [0.3, 0.4) is 0 Å². The van der Waals surface area contributed by atoms with Crippen molar-refractivity contribution in [1.29, 1.82) is 0 Å². The summed E-state index contributed by atoms with van der Waals surface area (Å²) in [6, 6.07) is 9.61. The summed E-state index contributed by atoms with van der Waals surface area (Å²) < 4.78 is 37.7. The lowest BCUT2D eigenvalue weighted by atomic mass is 10.0. The first-order valence-corrected chi connectivity index (χ1v) is 9.68. The van der Waals surface area contributed by atoms with Crippen LogP contribution in [0.2, 0.25) is 0 Å². The summed E-state index contributed by atoms with van der Waals surface area (Å²) in [5.41, 5.74) is 0.870. The van der Waals surface area contributed by atoms with Crippen LogP contribution in [0.5, 0.6) is 0 Å². The van der Waals surface area contributed by atoms with Gasteiger partial charge in [-0.1, -0.05) is 30.3 Å². The molecular weight excluding hydrogens is 374 g/mol. The van der Waals surface area contributed by atoms with Gasteiger partial charge in [-0.25, -0.2) is 17.9 Å². The van der Waals surface area contributed by atoms with Gasteiger partial charge in [0, 0.05) is 18.5 Å². The number of aliphatic carboxylic acids is 1. The number of carbonyl (C=O) groups excluding carboxylic acids is 1. The van der Waals surface area contributed by atoms with Crippen LogP contribution < -0.4 is 4.72 Å². The van der Waals surface area contributed by atoms with Crippen molar-refractivity contribution in [3.63, 3.8) is 0 Å². The summed E-state index contributed by atoms with van der Waals surface area (Å²) in [5, 5.41) is 8.94. The van der Waals surface area contributed by atoms with E-state index in [1.54, 1.807) is 0 Å². The van der Waals surface area contributed by atoms with E-state index in [9.17, 15) is 18.0 Å². The van der Waals surface area contributed by atoms with Crippen LogP contribution in [0.15, 0.2) is 45.7 Å². The first-order chi connectivity index (χ1) is 12.7. The van der Waals surface area contributed by atoms with E-state index in [0.29, 0.717) is 6.42 Å². The predicted molar refractivity (Wildman–Crippen MR) is 95.9 cm³/mol. The van der Waals surface area contributed by atoms with Crippen LogP contribution >= 0.6 is 0 Å². The fourth-order valence-corrected chi connectivity index (χ4v) is 4.06. The van der Waals surface area contributed by atoms with Gasteiger partial charge in [0.2, 0.25) is 15.8 Å². The molecule has 0 bridgehead atoms. The second-order valence-corrected chi connectivity index (χ2v) is 7.65. The zero-order valence-electron chi connectivity index (χ0n) is 15.0. The van der Waals surface area contributed by atoms with Gasteiger partial charge < -0.3 is 14.3 Å². The number of benzene rings is 1. The molecule has 1 atom stereocenters. The third-order valence-corrected chi connectivity index (χ3v) is 5.53. The third-order valence-electron chi connectivity index (χ3n) is 3.90. The highest BCUT2D eigenvalue weighted by Gasteiger charge is 2.27. The summed E-state index contributed by atoms with van der Waals surface area (Å²) in [6.07, 6.45) is 0.260. The largest absolute Gasteiger partial charge is 0.481 e. The molecule has 9 heteroatoms. The number of carboxylic acids is 1. The molecule has 8 nitrogen and oxygen atoms in total. The second kappa shape index (κ2) is 8.83. The van der Waals surface area contributed by atoms with Crippen LogP contribution in [0.25, 0.3) is 0 Å². The van der Waals surface area contributed by atoms with Crippen LogP contribution in [-0.4, -0.2) is 38.6 Å². The number of furan rings is 1. The van der Waals surface area contributed by atoms with Crippen molar-refractivity contribution in [3.8, 4) is 0 Å². The van der Waals surface area contributed by atoms with Crippen molar-refractivity contribution >= 4 is 22.0 Å². The maximum absolute atomic E-state index is 12.8. The second-order valence-electron chi connectivity index (χ2n) is 5.96. The molecule has 0 saturated carbocycles. The molecule has 27 heavy (non-hydrogen) atoms. The van der Waals surface area contributed by atoms with Crippen molar-refractivity contribution in [3.05, 3.63) is 53.5 Å². The zero-order chi connectivity index (χ0) is 20.0. The molecule has 0 fully saturated rings. The summed E-state index contributed by atoms with van der Waals surface area (Å²) in [7, 11) is -2.86. The molecule has 0 aliphatic carbocycles. The van der Waals surface area contributed by atoms with Crippen molar-refractivity contribution < 1.29 is 32.3 Å².